The highest BCUT2D eigenvalue weighted by atomic mass is 16.2. The van der Waals surface area contributed by atoms with Crippen LogP contribution in [0.25, 0.3) is 0 Å². The van der Waals surface area contributed by atoms with Crippen LogP contribution in [0.4, 0.5) is 4.79 Å². The van der Waals surface area contributed by atoms with Gasteiger partial charge in [0.15, 0.2) is 0 Å². The van der Waals surface area contributed by atoms with E-state index in [0.29, 0.717) is 6.04 Å². The zero-order valence-electron chi connectivity index (χ0n) is 8.49. The second-order valence-electron chi connectivity index (χ2n) is 3.65. The molecule has 1 aliphatic heterocycles. The maximum Gasteiger partial charge on any atom is 0.314 e. The van der Waals surface area contributed by atoms with E-state index < -0.39 is 0 Å². The molecule has 0 aromatic rings. The van der Waals surface area contributed by atoms with Crippen molar-refractivity contribution in [1.82, 2.24) is 10.2 Å². The van der Waals surface area contributed by atoms with E-state index in [-0.39, 0.29) is 12.1 Å². The molecular formula is C10H17N3O. The Labute approximate surface area is 84.8 Å². The molecule has 1 unspecified atom stereocenters. The molecule has 3 N–H and O–H groups in total. The van der Waals surface area contributed by atoms with E-state index in [1.807, 2.05) is 6.92 Å². The second kappa shape index (κ2) is 4.87. The first-order valence-electron chi connectivity index (χ1n) is 4.90. The van der Waals surface area contributed by atoms with E-state index in [1.54, 1.807) is 4.90 Å². The van der Waals surface area contributed by atoms with Gasteiger partial charge in [0.25, 0.3) is 0 Å². The molecule has 1 saturated heterocycles. The Balaban J connectivity index is 2.29. The highest BCUT2D eigenvalue weighted by molar-refractivity contribution is 5.72. The molecule has 0 spiro atoms. The number of hydrogen-bond acceptors (Lipinski definition) is 2. The summed E-state index contributed by atoms with van der Waals surface area (Å²) >= 11 is 0. The molecule has 0 radical (unpaired) electrons. The van der Waals surface area contributed by atoms with Gasteiger partial charge < -0.3 is 16.0 Å². The van der Waals surface area contributed by atoms with Gasteiger partial charge in [0.05, 0.1) is 6.04 Å². The lowest BCUT2D eigenvalue weighted by atomic mass is 10.0. The van der Waals surface area contributed by atoms with Crippen molar-refractivity contribution >= 4 is 6.03 Å². The van der Waals surface area contributed by atoms with Gasteiger partial charge in [0.1, 0.15) is 0 Å². The summed E-state index contributed by atoms with van der Waals surface area (Å²) in [4.78, 5) is 12.5. The Kier molecular flexibility index (Phi) is 3.78. The molecule has 4 heteroatoms. The molecule has 0 saturated carbocycles. The third kappa shape index (κ3) is 2.93. The number of nitrogens with two attached hydrogens (primary N) is 1. The molecule has 0 aromatic heterocycles. The molecule has 1 aliphatic rings. The van der Waals surface area contributed by atoms with Gasteiger partial charge in [0, 0.05) is 19.1 Å². The Bertz CT molecular complexity index is 238. The van der Waals surface area contributed by atoms with Crippen LogP contribution in [0.15, 0.2) is 0 Å². The molecule has 78 valence electrons. The molecule has 0 aromatic carbocycles. The molecule has 1 fully saturated rings. The van der Waals surface area contributed by atoms with E-state index in [9.17, 15) is 4.79 Å². The molecule has 0 aliphatic carbocycles. The first kappa shape index (κ1) is 10.9. The Morgan fingerprint density at radius 1 is 1.64 bits per heavy atom. The number of carbonyl (C=O) groups excluding carboxylic acids is 1. The minimum absolute atomic E-state index is 0.0973. The van der Waals surface area contributed by atoms with Gasteiger partial charge in [-0.15, -0.1) is 6.42 Å². The number of amides is 2. The van der Waals surface area contributed by atoms with Crippen LogP contribution in [0.2, 0.25) is 0 Å². The number of hydrogen-bond donors (Lipinski definition) is 2. The summed E-state index contributed by atoms with van der Waals surface area (Å²) in [5.74, 6) is 2.63. The summed E-state index contributed by atoms with van der Waals surface area (Å²) in [5, 5.41) is 3.31. The monoisotopic (exact) mass is 195 g/mol. The number of nitrogens with zero attached hydrogens (tertiary/aromatic N) is 1. The summed E-state index contributed by atoms with van der Waals surface area (Å²) in [6.45, 7) is 3.41. The molecule has 0 bridgehead atoms. The topological polar surface area (TPSA) is 58.4 Å². The van der Waals surface area contributed by atoms with Crippen molar-refractivity contribution in [2.24, 2.45) is 5.73 Å². The van der Waals surface area contributed by atoms with Crippen LogP contribution < -0.4 is 11.1 Å². The summed E-state index contributed by atoms with van der Waals surface area (Å²) in [5.41, 5.74) is 5.17. The highest BCUT2D eigenvalue weighted by Crippen LogP contribution is 2.10. The van der Waals surface area contributed by atoms with Gasteiger partial charge in [-0.1, -0.05) is 5.92 Å². The van der Waals surface area contributed by atoms with Crippen molar-refractivity contribution in [3.63, 3.8) is 0 Å². The summed E-state index contributed by atoms with van der Waals surface area (Å²) < 4.78 is 0. The van der Waals surface area contributed by atoms with Crippen molar-refractivity contribution in [3.8, 4) is 12.3 Å². The van der Waals surface area contributed by atoms with Gasteiger partial charge in [-0.25, -0.2) is 4.79 Å². The van der Waals surface area contributed by atoms with Crippen molar-refractivity contribution in [2.75, 3.05) is 13.1 Å². The number of carbonyl (C=O) groups is 1. The third-order valence-corrected chi connectivity index (χ3v) is 2.54. The average Bonchev–Trinajstić information content (AvgIpc) is 2.18. The van der Waals surface area contributed by atoms with Gasteiger partial charge in [-0.05, 0) is 19.8 Å². The molecule has 1 heterocycles. The molecule has 14 heavy (non-hydrogen) atoms. The smallest absolute Gasteiger partial charge is 0.314 e. The lowest BCUT2D eigenvalue weighted by molar-refractivity contribution is 0.184. The van der Waals surface area contributed by atoms with Gasteiger partial charge in [0.2, 0.25) is 0 Å². The normalized spacial score (nSPS) is 20.1. The second-order valence-corrected chi connectivity index (χ2v) is 3.65. The predicted octanol–water partition coefficient (Wildman–Crippen LogP) is 0.141. The summed E-state index contributed by atoms with van der Waals surface area (Å²) in [7, 11) is 0. The first-order chi connectivity index (χ1) is 6.63. The number of rotatable bonds is 2. The van der Waals surface area contributed by atoms with Crippen LogP contribution in [-0.2, 0) is 0 Å². The number of terminal acetylenes is 1. The van der Waals surface area contributed by atoms with E-state index in [1.165, 1.54) is 0 Å². The molecular weight excluding hydrogens is 178 g/mol. The standard InChI is InChI=1S/C10H17N3O/c1-3-8(2)12-9-4-6-13(7-5-9)10(11)14/h1,8-9,12H,4-7H2,2H3,(H2,11,14). The fourth-order valence-corrected chi connectivity index (χ4v) is 1.67. The SMILES string of the molecule is C#CC(C)NC1CCN(C(N)=O)CC1. The van der Waals surface area contributed by atoms with Crippen molar-refractivity contribution in [2.45, 2.75) is 31.8 Å². The minimum atomic E-state index is -0.326. The molecule has 4 nitrogen and oxygen atoms in total. The number of nitrogens with one attached hydrogen (secondary N) is 1. The lowest BCUT2D eigenvalue weighted by Crippen LogP contribution is -2.48. The third-order valence-electron chi connectivity index (χ3n) is 2.54. The number of likely N-dealkylation sites (tertiary alicyclic amines) is 1. The van der Waals surface area contributed by atoms with E-state index in [0.717, 1.165) is 25.9 Å². The average molecular weight is 195 g/mol. The molecule has 1 atom stereocenters. The maximum atomic E-state index is 10.8. The fourth-order valence-electron chi connectivity index (χ4n) is 1.67. The van der Waals surface area contributed by atoms with Gasteiger partial charge in [-0.2, -0.15) is 0 Å². The van der Waals surface area contributed by atoms with E-state index in [4.69, 9.17) is 12.2 Å². The minimum Gasteiger partial charge on any atom is -0.351 e. The van der Waals surface area contributed by atoms with Crippen LogP contribution in [0.1, 0.15) is 19.8 Å². The zero-order valence-corrected chi connectivity index (χ0v) is 8.49. The maximum absolute atomic E-state index is 10.8. The summed E-state index contributed by atoms with van der Waals surface area (Å²) in [6, 6.07) is 0.185. The Morgan fingerprint density at radius 2 is 2.21 bits per heavy atom. The predicted molar refractivity (Wildman–Crippen MR) is 55.6 cm³/mol. The van der Waals surface area contributed by atoms with Crippen molar-refractivity contribution in [3.05, 3.63) is 0 Å². The number of urea groups is 1. The quantitative estimate of drug-likeness (QED) is 0.616. The van der Waals surface area contributed by atoms with Gasteiger partial charge >= 0.3 is 6.03 Å². The number of piperidine rings is 1. The number of primary amides is 1. The Hall–Kier alpha value is -1.21. The van der Waals surface area contributed by atoms with Crippen LogP contribution in [0, 0.1) is 12.3 Å². The molecule has 2 amide bonds. The molecule has 1 rings (SSSR count). The largest absolute Gasteiger partial charge is 0.351 e. The highest BCUT2D eigenvalue weighted by Gasteiger charge is 2.21. The zero-order chi connectivity index (χ0) is 10.6. The van der Waals surface area contributed by atoms with Crippen LogP contribution in [0.3, 0.4) is 0 Å². The van der Waals surface area contributed by atoms with Crippen molar-refractivity contribution < 1.29 is 4.79 Å². The van der Waals surface area contributed by atoms with Crippen LogP contribution in [-0.4, -0.2) is 36.1 Å². The van der Waals surface area contributed by atoms with Crippen LogP contribution >= 0.6 is 0 Å². The van der Waals surface area contributed by atoms with Crippen molar-refractivity contribution in [1.29, 1.82) is 0 Å². The lowest BCUT2D eigenvalue weighted by Gasteiger charge is -2.32. The first-order valence-corrected chi connectivity index (χ1v) is 4.90. The summed E-state index contributed by atoms with van der Waals surface area (Å²) in [6.07, 6.45) is 7.12. The van der Waals surface area contributed by atoms with Gasteiger partial charge in [-0.3, -0.25) is 0 Å². The Morgan fingerprint density at radius 3 is 2.64 bits per heavy atom. The van der Waals surface area contributed by atoms with Crippen LogP contribution in [0.5, 0.6) is 0 Å². The van der Waals surface area contributed by atoms with E-state index >= 15 is 0 Å². The van der Waals surface area contributed by atoms with E-state index in [2.05, 4.69) is 11.2 Å². The fraction of sp³-hybridized carbons (Fsp3) is 0.700.